The number of hydrogen-bond donors (Lipinski definition) is 1. The second-order valence-corrected chi connectivity index (χ2v) is 5.70. The Bertz CT molecular complexity index is 1070. The third kappa shape index (κ3) is 3.47. The van der Waals surface area contributed by atoms with E-state index in [9.17, 15) is 18.8 Å². The van der Waals surface area contributed by atoms with Gasteiger partial charge in [0.1, 0.15) is 24.1 Å². The SMILES string of the molecule is Cc1cc(-c2ccccc2COc2cc(F)ccc2F)c(C#N)c(=O)[nH]1. The van der Waals surface area contributed by atoms with Crippen LogP contribution in [0.15, 0.2) is 53.3 Å². The minimum atomic E-state index is -0.673. The van der Waals surface area contributed by atoms with Gasteiger partial charge in [0.05, 0.1) is 0 Å². The number of nitriles is 1. The number of aryl methyl sites for hydroxylation is 1. The van der Waals surface area contributed by atoms with Crippen molar-refractivity contribution in [3.63, 3.8) is 0 Å². The van der Waals surface area contributed by atoms with Crippen molar-refractivity contribution >= 4 is 0 Å². The van der Waals surface area contributed by atoms with Gasteiger partial charge in [-0.1, -0.05) is 24.3 Å². The maximum absolute atomic E-state index is 13.7. The molecule has 0 bridgehead atoms. The summed E-state index contributed by atoms with van der Waals surface area (Å²) in [5, 5.41) is 9.32. The van der Waals surface area contributed by atoms with E-state index < -0.39 is 17.2 Å². The number of halogens is 2. The summed E-state index contributed by atoms with van der Waals surface area (Å²) in [5.41, 5.74) is 1.84. The van der Waals surface area contributed by atoms with E-state index in [2.05, 4.69) is 4.98 Å². The highest BCUT2D eigenvalue weighted by atomic mass is 19.1. The second kappa shape index (κ2) is 7.19. The van der Waals surface area contributed by atoms with Crippen molar-refractivity contribution in [1.82, 2.24) is 4.98 Å². The zero-order valence-corrected chi connectivity index (χ0v) is 13.8. The number of aromatic amines is 1. The fourth-order valence-corrected chi connectivity index (χ4v) is 2.66. The molecule has 0 radical (unpaired) electrons. The van der Waals surface area contributed by atoms with Crippen LogP contribution in [-0.2, 0) is 6.61 Å². The molecule has 0 saturated carbocycles. The summed E-state index contributed by atoms with van der Waals surface area (Å²) in [6.45, 7) is 1.67. The lowest BCUT2D eigenvalue weighted by atomic mass is 9.96. The fraction of sp³-hybridized carbons (Fsp3) is 0.100. The largest absolute Gasteiger partial charge is 0.486 e. The minimum Gasteiger partial charge on any atom is -0.486 e. The average Bonchev–Trinajstić information content (AvgIpc) is 2.62. The van der Waals surface area contributed by atoms with Crippen LogP contribution < -0.4 is 10.3 Å². The molecule has 4 nitrogen and oxygen atoms in total. The number of nitrogens with zero attached hydrogens (tertiary/aromatic N) is 1. The number of hydrogen-bond acceptors (Lipinski definition) is 3. The Morgan fingerprint density at radius 2 is 1.88 bits per heavy atom. The summed E-state index contributed by atoms with van der Waals surface area (Å²) < 4.78 is 32.4. The van der Waals surface area contributed by atoms with Crippen molar-refractivity contribution in [2.24, 2.45) is 0 Å². The predicted molar refractivity (Wildman–Crippen MR) is 92.6 cm³/mol. The summed E-state index contributed by atoms with van der Waals surface area (Å²) in [7, 11) is 0. The smallest absolute Gasteiger partial charge is 0.266 e. The Labute approximate surface area is 148 Å². The topological polar surface area (TPSA) is 65.9 Å². The van der Waals surface area contributed by atoms with Crippen molar-refractivity contribution in [3.8, 4) is 22.9 Å². The molecule has 6 heteroatoms. The van der Waals surface area contributed by atoms with Crippen LogP contribution >= 0.6 is 0 Å². The summed E-state index contributed by atoms with van der Waals surface area (Å²) in [5.74, 6) is -1.48. The molecular weight excluding hydrogens is 338 g/mol. The van der Waals surface area contributed by atoms with Gasteiger partial charge in [-0.25, -0.2) is 8.78 Å². The average molecular weight is 352 g/mol. The van der Waals surface area contributed by atoms with Crippen molar-refractivity contribution in [2.75, 3.05) is 0 Å². The molecule has 0 unspecified atom stereocenters. The lowest BCUT2D eigenvalue weighted by Crippen LogP contribution is -2.13. The van der Waals surface area contributed by atoms with E-state index in [-0.39, 0.29) is 17.9 Å². The van der Waals surface area contributed by atoms with Crippen molar-refractivity contribution in [1.29, 1.82) is 5.26 Å². The molecule has 1 heterocycles. The monoisotopic (exact) mass is 352 g/mol. The third-order valence-corrected chi connectivity index (χ3v) is 3.86. The van der Waals surface area contributed by atoms with Gasteiger partial charge in [-0.05, 0) is 36.2 Å². The second-order valence-electron chi connectivity index (χ2n) is 5.70. The maximum Gasteiger partial charge on any atom is 0.266 e. The van der Waals surface area contributed by atoms with Crippen LogP contribution in [0.3, 0.4) is 0 Å². The minimum absolute atomic E-state index is 0.0139. The van der Waals surface area contributed by atoms with E-state index in [0.29, 0.717) is 22.4 Å². The van der Waals surface area contributed by atoms with Gasteiger partial charge < -0.3 is 9.72 Å². The first-order chi connectivity index (χ1) is 12.5. The predicted octanol–water partition coefficient (Wildman–Crippen LogP) is 4.08. The first-order valence-electron chi connectivity index (χ1n) is 7.79. The number of aromatic nitrogens is 1. The van der Waals surface area contributed by atoms with E-state index in [0.717, 1.165) is 18.2 Å². The molecule has 3 rings (SSSR count). The highest BCUT2D eigenvalue weighted by Gasteiger charge is 2.14. The molecule has 26 heavy (non-hydrogen) atoms. The molecule has 0 atom stereocenters. The van der Waals surface area contributed by atoms with E-state index >= 15 is 0 Å². The van der Waals surface area contributed by atoms with Gasteiger partial charge in [-0.3, -0.25) is 4.79 Å². The Hall–Kier alpha value is -3.46. The van der Waals surface area contributed by atoms with Gasteiger partial charge in [-0.15, -0.1) is 0 Å². The molecule has 1 aromatic heterocycles. The highest BCUT2D eigenvalue weighted by Crippen LogP contribution is 2.27. The first kappa shape index (κ1) is 17.4. The van der Waals surface area contributed by atoms with E-state index in [1.807, 2.05) is 6.07 Å². The molecule has 0 aliphatic heterocycles. The van der Waals surface area contributed by atoms with Crippen LogP contribution in [0.1, 0.15) is 16.8 Å². The molecule has 0 spiro atoms. The van der Waals surface area contributed by atoms with Crippen molar-refractivity contribution < 1.29 is 13.5 Å². The van der Waals surface area contributed by atoms with E-state index in [4.69, 9.17) is 4.74 Å². The van der Waals surface area contributed by atoms with Gasteiger partial charge in [0, 0.05) is 17.3 Å². The first-order valence-corrected chi connectivity index (χ1v) is 7.79. The van der Waals surface area contributed by atoms with Gasteiger partial charge in [-0.2, -0.15) is 5.26 Å². The molecule has 0 fully saturated rings. The van der Waals surface area contributed by atoms with Crippen LogP contribution in [0.2, 0.25) is 0 Å². The van der Waals surface area contributed by atoms with Crippen molar-refractivity contribution in [3.05, 3.63) is 87.3 Å². The highest BCUT2D eigenvalue weighted by molar-refractivity contribution is 5.73. The van der Waals surface area contributed by atoms with Crippen LogP contribution in [0.4, 0.5) is 8.78 Å². The Kier molecular flexibility index (Phi) is 4.81. The summed E-state index contributed by atoms with van der Waals surface area (Å²) in [6.07, 6.45) is 0. The number of pyridine rings is 1. The van der Waals surface area contributed by atoms with Crippen molar-refractivity contribution in [2.45, 2.75) is 13.5 Å². The molecule has 2 aromatic carbocycles. The molecule has 1 N–H and O–H groups in total. The molecule has 130 valence electrons. The van der Waals surface area contributed by atoms with Gasteiger partial charge in [0.2, 0.25) is 0 Å². The van der Waals surface area contributed by atoms with Crippen LogP contribution in [0.5, 0.6) is 5.75 Å². The van der Waals surface area contributed by atoms with Crippen LogP contribution in [0, 0.1) is 29.9 Å². The molecular formula is C20H14F2N2O2. The zero-order valence-electron chi connectivity index (χ0n) is 13.8. The number of ether oxygens (including phenoxy) is 1. The van der Waals surface area contributed by atoms with Gasteiger partial charge in [0.25, 0.3) is 5.56 Å². The Morgan fingerprint density at radius 1 is 1.12 bits per heavy atom. The zero-order chi connectivity index (χ0) is 18.7. The maximum atomic E-state index is 13.7. The molecule has 0 amide bonds. The molecule has 0 aliphatic rings. The summed E-state index contributed by atoms with van der Waals surface area (Å²) in [6, 6.07) is 13.6. The van der Waals surface area contributed by atoms with Crippen LogP contribution in [0.25, 0.3) is 11.1 Å². The number of H-pyrrole nitrogens is 1. The standard InChI is InChI=1S/C20H14F2N2O2/c1-12-8-16(17(10-23)20(25)24-12)15-5-3-2-4-13(15)11-26-19-9-14(21)6-7-18(19)22/h2-9H,11H2,1H3,(H,24,25). The van der Waals surface area contributed by atoms with Gasteiger partial charge >= 0.3 is 0 Å². The van der Waals surface area contributed by atoms with Gasteiger partial charge in [0.15, 0.2) is 11.6 Å². The number of rotatable bonds is 4. The molecule has 0 saturated heterocycles. The van der Waals surface area contributed by atoms with E-state index in [1.165, 1.54) is 0 Å². The third-order valence-electron chi connectivity index (χ3n) is 3.86. The number of benzene rings is 2. The Balaban J connectivity index is 2.01. The normalized spacial score (nSPS) is 10.4. The number of nitrogens with one attached hydrogen (secondary N) is 1. The lowest BCUT2D eigenvalue weighted by molar-refractivity contribution is 0.289. The lowest BCUT2D eigenvalue weighted by Gasteiger charge is -2.13. The molecule has 3 aromatic rings. The van der Waals surface area contributed by atoms with Crippen LogP contribution in [-0.4, -0.2) is 4.98 Å². The quantitative estimate of drug-likeness (QED) is 0.769. The fourth-order valence-electron chi connectivity index (χ4n) is 2.66. The van der Waals surface area contributed by atoms with E-state index in [1.54, 1.807) is 37.3 Å². The summed E-state index contributed by atoms with van der Waals surface area (Å²) >= 11 is 0. The molecule has 0 aliphatic carbocycles. The summed E-state index contributed by atoms with van der Waals surface area (Å²) in [4.78, 5) is 14.6. The Morgan fingerprint density at radius 3 is 2.65 bits per heavy atom.